The van der Waals surface area contributed by atoms with E-state index in [1.54, 1.807) is 4.90 Å². The summed E-state index contributed by atoms with van der Waals surface area (Å²) in [5, 5.41) is 2.56. The normalized spacial score (nSPS) is 26.2. The summed E-state index contributed by atoms with van der Waals surface area (Å²) in [6.07, 6.45) is 3.26. The lowest BCUT2D eigenvalue weighted by atomic mass is 9.99. The van der Waals surface area contributed by atoms with E-state index in [0.717, 1.165) is 12.8 Å². The monoisotopic (exact) mass is 303 g/mol. The third kappa shape index (κ3) is 3.92. The summed E-state index contributed by atoms with van der Waals surface area (Å²) < 4.78 is 24.6. The molecule has 2 amide bonds. The van der Waals surface area contributed by atoms with E-state index in [4.69, 9.17) is 0 Å². The fraction of sp³-hybridized carbons (Fsp3) is 0.833. The van der Waals surface area contributed by atoms with Gasteiger partial charge >= 0.3 is 0 Å². The van der Waals surface area contributed by atoms with Gasteiger partial charge < -0.3 is 10.2 Å². The minimum atomic E-state index is -3.17. The molecule has 2 rings (SSSR count). The number of nitrogens with zero attached hydrogens (tertiary/aromatic N) is 2. The first-order valence-electron chi connectivity index (χ1n) is 6.86. The number of piperidine rings is 1. The topological polar surface area (TPSA) is 86.8 Å². The predicted octanol–water partition coefficient (Wildman–Crippen LogP) is -0.993. The van der Waals surface area contributed by atoms with Crippen molar-refractivity contribution < 1.29 is 18.0 Å². The molecule has 0 bridgehead atoms. The highest BCUT2D eigenvalue weighted by Gasteiger charge is 2.29. The number of amides is 2. The van der Waals surface area contributed by atoms with Gasteiger partial charge in [-0.1, -0.05) is 0 Å². The number of carbonyl (C=O) groups excluding carboxylic acids is 2. The van der Waals surface area contributed by atoms with Crippen LogP contribution in [0.15, 0.2) is 0 Å². The molecule has 1 N–H and O–H groups in total. The van der Waals surface area contributed by atoms with Crippen molar-refractivity contribution in [3.05, 3.63) is 0 Å². The number of nitrogens with one attached hydrogen (secondary N) is 1. The average Bonchev–Trinajstić information content (AvgIpc) is 2.54. The second-order valence-corrected chi connectivity index (χ2v) is 7.48. The number of rotatable bonds is 3. The van der Waals surface area contributed by atoms with E-state index in [0.29, 0.717) is 32.6 Å². The molecule has 0 aromatic rings. The minimum absolute atomic E-state index is 0.0430. The second kappa shape index (κ2) is 6.09. The fourth-order valence-corrected chi connectivity index (χ4v) is 3.66. The Bertz CT molecular complexity index is 491. The van der Waals surface area contributed by atoms with Crippen molar-refractivity contribution in [2.45, 2.75) is 19.3 Å². The summed E-state index contributed by atoms with van der Waals surface area (Å²) in [6, 6.07) is 0. The van der Waals surface area contributed by atoms with Crippen LogP contribution >= 0.6 is 0 Å². The van der Waals surface area contributed by atoms with Crippen LogP contribution in [0.1, 0.15) is 19.3 Å². The van der Waals surface area contributed by atoms with Gasteiger partial charge in [-0.3, -0.25) is 9.59 Å². The summed E-state index contributed by atoms with van der Waals surface area (Å²) in [5.41, 5.74) is 0. The van der Waals surface area contributed by atoms with Gasteiger partial charge in [0.15, 0.2) is 0 Å². The van der Waals surface area contributed by atoms with E-state index in [2.05, 4.69) is 5.32 Å². The zero-order valence-corrected chi connectivity index (χ0v) is 12.5. The standard InChI is InChI=1S/C12H21N3O4S/c1-20(18,19)15-5-2-3-10(9-15)8-14-6-4-11(16)13-7-12(14)17/h10H,2-9H2,1H3,(H,13,16). The zero-order valence-electron chi connectivity index (χ0n) is 11.7. The molecule has 0 saturated carbocycles. The average molecular weight is 303 g/mol. The van der Waals surface area contributed by atoms with Gasteiger partial charge in [0.05, 0.1) is 12.8 Å². The van der Waals surface area contributed by atoms with Gasteiger partial charge in [-0.25, -0.2) is 12.7 Å². The lowest BCUT2D eigenvalue weighted by Gasteiger charge is -2.34. The Kier molecular flexibility index (Phi) is 4.64. The molecule has 114 valence electrons. The molecule has 20 heavy (non-hydrogen) atoms. The Hall–Kier alpha value is -1.15. The summed E-state index contributed by atoms with van der Waals surface area (Å²) in [7, 11) is -3.17. The van der Waals surface area contributed by atoms with Crippen molar-refractivity contribution in [1.82, 2.24) is 14.5 Å². The van der Waals surface area contributed by atoms with Crippen LogP contribution in [-0.2, 0) is 19.6 Å². The molecular formula is C12H21N3O4S. The Morgan fingerprint density at radius 2 is 2.05 bits per heavy atom. The molecule has 2 fully saturated rings. The highest BCUT2D eigenvalue weighted by molar-refractivity contribution is 7.88. The van der Waals surface area contributed by atoms with E-state index in [1.807, 2.05) is 0 Å². The van der Waals surface area contributed by atoms with Crippen LogP contribution < -0.4 is 5.32 Å². The summed E-state index contributed by atoms with van der Waals surface area (Å²) >= 11 is 0. The van der Waals surface area contributed by atoms with E-state index in [1.165, 1.54) is 10.6 Å². The third-order valence-corrected chi connectivity index (χ3v) is 5.10. The lowest BCUT2D eigenvalue weighted by molar-refractivity contribution is -0.130. The summed E-state index contributed by atoms with van der Waals surface area (Å²) in [5.74, 6) is -0.0507. The molecule has 2 heterocycles. The molecule has 0 spiro atoms. The zero-order chi connectivity index (χ0) is 14.8. The van der Waals surface area contributed by atoms with Crippen molar-refractivity contribution in [3.8, 4) is 0 Å². The van der Waals surface area contributed by atoms with Gasteiger partial charge in [0.2, 0.25) is 21.8 Å². The lowest BCUT2D eigenvalue weighted by Crippen LogP contribution is -2.45. The van der Waals surface area contributed by atoms with Gasteiger partial charge in [0.25, 0.3) is 0 Å². The predicted molar refractivity (Wildman–Crippen MR) is 73.3 cm³/mol. The van der Waals surface area contributed by atoms with Gasteiger partial charge in [-0.05, 0) is 18.8 Å². The van der Waals surface area contributed by atoms with Crippen LogP contribution in [0.3, 0.4) is 0 Å². The maximum Gasteiger partial charge on any atom is 0.241 e. The molecule has 2 aliphatic heterocycles. The smallest absolute Gasteiger partial charge is 0.241 e. The SMILES string of the molecule is CS(=O)(=O)N1CCCC(CN2CCC(=O)NCC2=O)C1. The van der Waals surface area contributed by atoms with Crippen molar-refractivity contribution >= 4 is 21.8 Å². The first kappa shape index (κ1) is 15.2. The van der Waals surface area contributed by atoms with Crippen LogP contribution in [0.5, 0.6) is 0 Å². The number of sulfonamides is 1. The van der Waals surface area contributed by atoms with Crippen LogP contribution in [-0.4, -0.2) is 68.4 Å². The van der Waals surface area contributed by atoms with Gasteiger partial charge in [-0.2, -0.15) is 0 Å². The van der Waals surface area contributed by atoms with E-state index in [9.17, 15) is 18.0 Å². The quantitative estimate of drug-likeness (QED) is 0.725. The van der Waals surface area contributed by atoms with E-state index in [-0.39, 0.29) is 24.3 Å². The summed E-state index contributed by atoms with van der Waals surface area (Å²) in [6.45, 7) is 2.01. The van der Waals surface area contributed by atoms with E-state index < -0.39 is 10.0 Å². The van der Waals surface area contributed by atoms with Crippen LogP contribution in [0.25, 0.3) is 0 Å². The molecular weight excluding hydrogens is 282 g/mol. The number of hydrogen-bond donors (Lipinski definition) is 1. The molecule has 0 aliphatic carbocycles. The van der Waals surface area contributed by atoms with Crippen LogP contribution in [0.4, 0.5) is 0 Å². The van der Waals surface area contributed by atoms with Gasteiger partial charge in [-0.15, -0.1) is 0 Å². The molecule has 8 heteroatoms. The first-order valence-corrected chi connectivity index (χ1v) is 8.70. The third-order valence-electron chi connectivity index (χ3n) is 3.83. The second-order valence-electron chi connectivity index (χ2n) is 5.50. The molecule has 0 radical (unpaired) electrons. The Morgan fingerprint density at radius 3 is 2.75 bits per heavy atom. The Balaban J connectivity index is 1.95. The number of carbonyl (C=O) groups is 2. The maximum absolute atomic E-state index is 11.9. The van der Waals surface area contributed by atoms with E-state index >= 15 is 0 Å². The molecule has 1 atom stereocenters. The highest BCUT2D eigenvalue weighted by Crippen LogP contribution is 2.20. The molecule has 1 unspecified atom stereocenters. The molecule has 0 aromatic heterocycles. The summed E-state index contributed by atoms with van der Waals surface area (Å²) in [4.78, 5) is 24.8. The molecule has 0 aromatic carbocycles. The van der Waals surface area contributed by atoms with Crippen LogP contribution in [0.2, 0.25) is 0 Å². The van der Waals surface area contributed by atoms with Crippen molar-refractivity contribution in [1.29, 1.82) is 0 Å². The molecule has 7 nitrogen and oxygen atoms in total. The van der Waals surface area contributed by atoms with Crippen LogP contribution in [0, 0.1) is 5.92 Å². The van der Waals surface area contributed by atoms with Crippen molar-refractivity contribution in [2.75, 3.05) is 39.0 Å². The minimum Gasteiger partial charge on any atom is -0.347 e. The molecule has 2 saturated heterocycles. The van der Waals surface area contributed by atoms with Gasteiger partial charge in [0, 0.05) is 32.6 Å². The first-order chi connectivity index (χ1) is 9.36. The Labute approximate surface area is 119 Å². The fourth-order valence-electron chi connectivity index (χ4n) is 2.72. The number of hydrogen-bond acceptors (Lipinski definition) is 4. The van der Waals surface area contributed by atoms with Crippen molar-refractivity contribution in [3.63, 3.8) is 0 Å². The highest BCUT2D eigenvalue weighted by atomic mass is 32.2. The van der Waals surface area contributed by atoms with Crippen molar-refractivity contribution in [2.24, 2.45) is 5.92 Å². The maximum atomic E-state index is 11.9. The molecule has 2 aliphatic rings. The largest absolute Gasteiger partial charge is 0.347 e. The van der Waals surface area contributed by atoms with Gasteiger partial charge in [0.1, 0.15) is 0 Å². The Morgan fingerprint density at radius 1 is 1.30 bits per heavy atom.